The number of carbonyl (C=O) groups is 1. The fraction of sp³-hybridized carbons (Fsp3) is 0.588. The number of piperidine rings is 1. The van der Waals surface area contributed by atoms with E-state index in [0.717, 1.165) is 48.1 Å². The summed E-state index contributed by atoms with van der Waals surface area (Å²) in [5.41, 5.74) is 0. The van der Waals surface area contributed by atoms with Crippen molar-refractivity contribution < 1.29 is 4.79 Å². The average molecular weight is 330 g/mol. The maximum absolute atomic E-state index is 12.8. The molecule has 2 aromatic rings. The molecule has 6 heteroatoms. The maximum atomic E-state index is 12.8. The molecular weight excluding hydrogens is 308 g/mol. The third kappa shape index (κ3) is 2.92. The van der Waals surface area contributed by atoms with Crippen LogP contribution in [0.3, 0.4) is 0 Å². The molecule has 1 atom stereocenters. The van der Waals surface area contributed by atoms with Crippen LogP contribution < -0.4 is 0 Å². The largest absolute Gasteiger partial charge is 0.336 e. The highest BCUT2D eigenvalue weighted by Gasteiger charge is 2.30. The Morgan fingerprint density at radius 3 is 3.00 bits per heavy atom. The topological polar surface area (TPSA) is 51.0 Å². The summed E-state index contributed by atoms with van der Waals surface area (Å²) in [7, 11) is 0. The van der Waals surface area contributed by atoms with Crippen LogP contribution in [0.25, 0.3) is 0 Å². The fourth-order valence-corrected chi connectivity index (χ4v) is 4.43. The van der Waals surface area contributed by atoms with Crippen LogP contribution in [0.1, 0.15) is 65.1 Å². The monoisotopic (exact) mass is 330 g/mol. The van der Waals surface area contributed by atoms with E-state index in [1.807, 2.05) is 11.1 Å². The zero-order valence-corrected chi connectivity index (χ0v) is 14.3. The van der Waals surface area contributed by atoms with Gasteiger partial charge in [-0.25, -0.2) is 9.97 Å². The second kappa shape index (κ2) is 6.07. The number of nitrogens with zero attached hydrogens (tertiary/aromatic N) is 4. The summed E-state index contributed by atoms with van der Waals surface area (Å²) in [4.78, 5) is 24.5. The highest BCUT2D eigenvalue weighted by Crippen LogP contribution is 2.42. The number of thiazole rings is 1. The van der Waals surface area contributed by atoms with Gasteiger partial charge in [-0.3, -0.25) is 4.79 Å². The van der Waals surface area contributed by atoms with Crippen molar-refractivity contribution in [1.82, 2.24) is 19.4 Å². The van der Waals surface area contributed by atoms with Crippen molar-refractivity contribution in [2.45, 2.75) is 51.0 Å². The van der Waals surface area contributed by atoms with E-state index in [1.54, 1.807) is 17.5 Å². The number of aromatic nitrogens is 3. The molecule has 0 N–H and O–H groups in total. The Bertz CT molecular complexity index is 703. The summed E-state index contributed by atoms with van der Waals surface area (Å²) in [6.07, 6.45) is 11.2. The number of likely N-dealkylation sites (tertiary alicyclic amines) is 1. The van der Waals surface area contributed by atoms with Gasteiger partial charge in [-0.2, -0.15) is 0 Å². The number of amides is 1. The van der Waals surface area contributed by atoms with Gasteiger partial charge in [-0.05, 0) is 25.7 Å². The molecule has 5 nitrogen and oxygen atoms in total. The first kappa shape index (κ1) is 14.9. The average Bonchev–Trinajstić information content (AvgIpc) is 3.14. The van der Waals surface area contributed by atoms with Crippen molar-refractivity contribution in [3.05, 3.63) is 34.3 Å². The van der Waals surface area contributed by atoms with Gasteiger partial charge in [0.2, 0.25) is 0 Å². The van der Waals surface area contributed by atoms with E-state index < -0.39 is 0 Å². The van der Waals surface area contributed by atoms with Crippen molar-refractivity contribution >= 4 is 17.2 Å². The molecule has 2 fully saturated rings. The van der Waals surface area contributed by atoms with Gasteiger partial charge in [-0.1, -0.05) is 6.92 Å². The number of carbonyl (C=O) groups excluding carboxylic acids is 1. The lowest BCUT2D eigenvalue weighted by Crippen LogP contribution is -2.40. The highest BCUT2D eigenvalue weighted by molar-refractivity contribution is 7.13. The zero-order chi connectivity index (χ0) is 15.8. The van der Waals surface area contributed by atoms with Gasteiger partial charge in [-0.15, -0.1) is 11.3 Å². The third-order valence-corrected chi connectivity index (χ3v) is 5.95. The SMILES string of the molecule is CCc1nccn1[C@@H]1CCCN(C(=O)c2cnc(C3CC3)s2)C1. The Hall–Kier alpha value is -1.69. The van der Waals surface area contributed by atoms with Crippen LogP contribution in [0.4, 0.5) is 0 Å². The molecule has 4 rings (SSSR count). The molecule has 0 aromatic carbocycles. The Kier molecular flexibility index (Phi) is 3.93. The first-order valence-electron chi connectivity index (χ1n) is 8.53. The lowest BCUT2D eigenvalue weighted by Gasteiger charge is -2.33. The second-order valence-corrected chi connectivity index (χ2v) is 7.55. The smallest absolute Gasteiger partial charge is 0.265 e. The molecule has 1 aliphatic heterocycles. The van der Waals surface area contributed by atoms with E-state index in [0.29, 0.717) is 12.0 Å². The van der Waals surface area contributed by atoms with Gasteiger partial charge >= 0.3 is 0 Å². The molecule has 3 heterocycles. The van der Waals surface area contributed by atoms with Gasteiger partial charge in [0, 0.05) is 37.8 Å². The van der Waals surface area contributed by atoms with E-state index >= 15 is 0 Å². The molecule has 23 heavy (non-hydrogen) atoms. The molecule has 2 aromatic heterocycles. The molecule has 0 radical (unpaired) electrons. The molecule has 2 aliphatic rings. The van der Waals surface area contributed by atoms with Crippen molar-refractivity contribution in [2.75, 3.05) is 13.1 Å². The molecule has 1 amide bonds. The van der Waals surface area contributed by atoms with E-state index in [1.165, 1.54) is 12.8 Å². The van der Waals surface area contributed by atoms with E-state index in [4.69, 9.17) is 0 Å². The van der Waals surface area contributed by atoms with Gasteiger partial charge in [0.25, 0.3) is 5.91 Å². The number of imidazole rings is 1. The first-order chi connectivity index (χ1) is 11.3. The van der Waals surface area contributed by atoms with Gasteiger partial charge in [0.05, 0.1) is 17.2 Å². The minimum atomic E-state index is 0.150. The zero-order valence-electron chi connectivity index (χ0n) is 13.4. The van der Waals surface area contributed by atoms with Crippen LogP contribution in [-0.4, -0.2) is 38.4 Å². The lowest BCUT2D eigenvalue weighted by atomic mass is 10.0. The lowest BCUT2D eigenvalue weighted by molar-refractivity contribution is 0.0682. The molecular formula is C17H22N4OS. The van der Waals surface area contributed by atoms with Crippen LogP contribution in [0.5, 0.6) is 0 Å². The van der Waals surface area contributed by atoms with Crippen LogP contribution in [0, 0.1) is 0 Å². The van der Waals surface area contributed by atoms with Crippen molar-refractivity contribution in [3.8, 4) is 0 Å². The van der Waals surface area contributed by atoms with Gasteiger partial charge < -0.3 is 9.47 Å². The minimum absolute atomic E-state index is 0.150. The summed E-state index contributed by atoms with van der Waals surface area (Å²) >= 11 is 1.59. The number of aryl methyl sites for hydroxylation is 1. The number of hydrogen-bond acceptors (Lipinski definition) is 4. The van der Waals surface area contributed by atoms with Crippen LogP contribution in [0.15, 0.2) is 18.6 Å². The Balaban J connectivity index is 1.48. The van der Waals surface area contributed by atoms with E-state index in [9.17, 15) is 4.79 Å². The molecule has 122 valence electrons. The van der Waals surface area contributed by atoms with E-state index in [2.05, 4.69) is 27.7 Å². The molecule has 0 unspecified atom stereocenters. The summed E-state index contributed by atoms with van der Waals surface area (Å²) in [5.74, 6) is 1.88. The van der Waals surface area contributed by atoms with Gasteiger partial charge in [0.15, 0.2) is 0 Å². The van der Waals surface area contributed by atoms with Gasteiger partial charge in [0.1, 0.15) is 10.7 Å². The fourth-order valence-electron chi connectivity index (χ4n) is 3.38. The highest BCUT2D eigenvalue weighted by atomic mass is 32.1. The number of rotatable bonds is 4. The second-order valence-electron chi connectivity index (χ2n) is 6.49. The van der Waals surface area contributed by atoms with Crippen LogP contribution in [-0.2, 0) is 6.42 Å². The molecule has 1 aliphatic carbocycles. The number of hydrogen-bond donors (Lipinski definition) is 0. The first-order valence-corrected chi connectivity index (χ1v) is 9.34. The van der Waals surface area contributed by atoms with Crippen LogP contribution >= 0.6 is 11.3 Å². The summed E-state index contributed by atoms with van der Waals surface area (Å²) in [5, 5.41) is 1.14. The summed E-state index contributed by atoms with van der Waals surface area (Å²) < 4.78 is 2.25. The quantitative estimate of drug-likeness (QED) is 0.864. The van der Waals surface area contributed by atoms with Crippen molar-refractivity contribution in [1.29, 1.82) is 0 Å². The van der Waals surface area contributed by atoms with Crippen LogP contribution in [0.2, 0.25) is 0 Å². The molecule has 1 saturated heterocycles. The molecule has 0 bridgehead atoms. The predicted molar refractivity (Wildman–Crippen MR) is 89.9 cm³/mol. The standard InChI is InChI=1S/C17H22N4OS/c1-2-15-18-7-9-21(15)13-4-3-8-20(11-13)17(22)14-10-19-16(23-14)12-5-6-12/h7,9-10,12-13H,2-6,8,11H2,1H3/t13-/m1/s1. The Morgan fingerprint density at radius 1 is 1.35 bits per heavy atom. The Labute approximate surface area is 140 Å². The van der Waals surface area contributed by atoms with E-state index in [-0.39, 0.29) is 5.91 Å². The normalized spacial score (nSPS) is 21.6. The summed E-state index contributed by atoms with van der Waals surface area (Å²) in [6.45, 7) is 3.75. The predicted octanol–water partition coefficient (Wildman–Crippen LogP) is 3.26. The third-order valence-electron chi connectivity index (χ3n) is 4.80. The molecule has 0 spiro atoms. The van der Waals surface area contributed by atoms with Crippen molar-refractivity contribution in [2.24, 2.45) is 0 Å². The molecule has 1 saturated carbocycles. The maximum Gasteiger partial charge on any atom is 0.265 e. The minimum Gasteiger partial charge on any atom is -0.336 e. The summed E-state index contributed by atoms with van der Waals surface area (Å²) in [6, 6.07) is 0.348. The van der Waals surface area contributed by atoms with Crippen molar-refractivity contribution in [3.63, 3.8) is 0 Å². The Morgan fingerprint density at radius 2 is 2.22 bits per heavy atom.